The van der Waals surface area contributed by atoms with Gasteiger partial charge in [0, 0.05) is 22.4 Å². The van der Waals surface area contributed by atoms with Gasteiger partial charge in [-0.05, 0) is 59.1 Å². The van der Waals surface area contributed by atoms with Crippen LogP contribution in [-0.4, -0.2) is 36.5 Å². The summed E-state index contributed by atoms with van der Waals surface area (Å²) in [5, 5.41) is 5.76. The molecule has 2 N–H and O–H groups in total. The van der Waals surface area contributed by atoms with Crippen LogP contribution in [-0.2, 0) is 9.53 Å². The molecule has 0 saturated carbocycles. The third-order valence-electron chi connectivity index (χ3n) is 5.05. The monoisotopic (exact) mass is 485 g/mol. The molecule has 0 aromatic heterocycles. The summed E-state index contributed by atoms with van der Waals surface area (Å²) in [6.07, 6.45) is 0.750. The zero-order valence-electron chi connectivity index (χ0n) is 17.6. The third kappa shape index (κ3) is 4.80. The molecule has 0 aliphatic carbocycles. The maximum Gasteiger partial charge on any atom is 0.337 e. The van der Waals surface area contributed by atoms with Gasteiger partial charge < -0.3 is 15.4 Å². The molecule has 3 amide bonds. The molecule has 1 atom stereocenters. The number of halogens is 1. The van der Waals surface area contributed by atoms with E-state index in [0.717, 1.165) is 6.42 Å². The van der Waals surface area contributed by atoms with Gasteiger partial charge >= 0.3 is 12.0 Å². The Balaban J connectivity index is 1.95. The highest BCUT2D eigenvalue weighted by molar-refractivity contribution is 9.10. The van der Waals surface area contributed by atoms with Crippen molar-refractivity contribution < 1.29 is 19.1 Å². The van der Waals surface area contributed by atoms with E-state index in [1.165, 1.54) is 7.11 Å². The minimum atomic E-state index is -0.687. The van der Waals surface area contributed by atoms with Crippen molar-refractivity contribution in [3.63, 3.8) is 0 Å². The summed E-state index contributed by atoms with van der Waals surface area (Å²) in [6, 6.07) is 13.2. The minimum Gasteiger partial charge on any atom is -0.466 e. The van der Waals surface area contributed by atoms with Gasteiger partial charge in [-0.2, -0.15) is 0 Å². The van der Waals surface area contributed by atoms with E-state index in [0.29, 0.717) is 39.1 Å². The molecule has 8 heteroatoms. The normalized spacial score (nSPS) is 16.1. The fourth-order valence-electron chi connectivity index (χ4n) is 3.54. The first-order valence-electron chi connectivity index (χ1n) is 9.90. The maximum absolute atomic E-state index is 12.7. The number of benzene rings is 2. The van der Waals surface area contributed by atoms with Gasteiger partial charge in [0.25, 0.3) is 5.91 Å². The van der Waals surface area contributed by atoms with Crippen molar-refractivity contribution in [1.82, 2.24) is 10.2 Å². The van der Waals surface area contributed by atoms with E-state index in [2.05, 4.69) is 26.6 Å². The maximum atomic E-state index is 12.7. The van der Waals surface area contributed by atoms with Crippen LogP contribution in [0.25, 0.3) is 0 Å². The number of esters is 1. The van der Waals surface area contributed by atoms with E-state index in [-0.39, 0.29) is 11.9 Å². The number of carbonyl (C=O) groups is 3. The van der Waals surface area contributed by atoms with Crippen molar-refractivity contribution >= 4 is 39.5 Å². The highest BCUT2D eigenvalue weighted by atomic mass is 79.9. The molecule has 162 valence electrons. The molecule has 2 aromatic rings. The zero-order chi connectivity index (χ0) is 22.5. The van der Waals surface area contributed by atoms with Gasteiger partial charge in [-0.15, -0.1) is 0 Å². The Labute approximate surface area is 189 Å². The van der Waals surface area contributed by atoms with Crippen LogP contribution >= 0.6 is 15.9 Å². The summed E-state index contributed by atoms with van der Waals surface area (Å²) in [5.41, 5.74) is 2.63. The summed E-state index contributed by atoms with van der Waals surface area (Å²) in [6.45, 7) is 4.20. The van der Waals surface area contributed by atoms with Crippen molar-refractivity contribution in [2.45, 2.75) is 26.3 Å². The molecule has 0 bridgehead atoms. The lowest BCUT2D eigenvalue weighted by atomic mass is 9.94. The third-order valence-corrected chi connectivity index (χ3v) is 5.74. The highest BCUT2D eigenvalue weighted by Gasteiger charge is 2.36. The quantitative estimate of drug-likeness (QED) is 0.584. The molecule has 3 rings (SSSR count). The van der Waals surface area contributed by atoms with Crippen molar-refractivity contribution in [2.24, 2.45) is 0 Å². The predicted molar refractivity (Wildman–Crippen MR) is 122 cm³/mol. The van der Waals surface area contributed by atoms with Gasteiger partial charge in [0.2, 0.25) is 0 Å². The number of amides is 3. The summed E-state index contributed by atoms with van der Waals surface area (Å²) in [7, 11) is 1.31. The van der Waals surface area contributed by atoms with Crippen LogP contribution in [0.4, 0.5) is 10.5 Å². The number of ether oxygens (including phenoxy) is 1. The SMILES string of the molecule is CCCN1C(=O)N[C@@H](c2cccc(NC(=O)c3ccccc3Br)c2)C(C(=O)OC)=C1C. The number of methoxy groups -OCH3 is 1. The molecule has 1 heterocycles. The Morgan fingerprint density at radius 3 is 2.61 bits per heavy atom. The zero-order valence-corrected chi connectivity index (χ0v) is 19.2. The van der Waals surface area contributed by atoms with Crippen LogP contribution in [0.5, 0.6) is 0 Å². The van der Waals surface area contributed by atoms with Crippen LogP contribution in [0.2, 0.25) is 0 Å². The smallest absolute Gasteiger partial charge is 0.337 e. The Morgan fingerprint density at radius 1 is 1.19 bits per heavy atom. The van der Waals surface area contributed by atoms with E-state index in [4.69, 9.17) is 4.74 Å². The Bertz CT molecular complexity index is 1050. The number of nitrogens with one attached hydrogen (secondary N) is 2. The molecule has 1 aliphatic rings. The van der Waals surface area contributed by atoms with Gasteiger partial charge in [-0.3, -0.25) is 9.69 Å². The van der Waals surface area contributed by atoms with Gasteiger partial charge in [-0.1, -0.05) is 31.2 Å². The number of hydrogen-bond donors (Lipinski definition) is 2. The number of carbonyl (C=O) groups excluding carboxylic acids is 3. The topological polar surface area (TPSA) is 87.7 Å². The molecule has 31 heavy (non-hydrogen) atoms. The molecule has 0 spiro atoms. The fourth-order valence-corrected chi connectivity index (χ4v) is 4.00. The first-order chi connectivity index (χ1) is 14.9. The van der Waals surface area contributed by atoms with E-state index in [1.807, 2.05) is 13.0 Å². The van der Waals surface area contributed by atoms with E-state index in [1.54, 1.807) is 54.3 Å². The number of anilines is 1. The van der Waals surface area contributed by atoms with E-state index < -0.39 is 12.0 Å². The van der Waals surface area contributed by atoms with Gasteiger partial charge in [-0.25, -0.2) is 9.59 Å². The molecule has 0 radical (unpaired) electrons. The Morgan fingerprint density at radius 2 is 1.94 bits per heavy atom. The molecule has 2 aromatic carbocycles. The molecule has 1 aliphatic heterocycles. The van der Waals surface area contributed by atoms with Gasteiger partial charge in [0.05, 0.1) is 24.3 Å². The fraction of sp³-hybridized carbons (Fsp3) is 0.261. The Kier molecular flexibility index (Phi) is 7.12. The van der Waals surface area contributed by atoms with E-state index >= 15 is 0 Å². The first kappa shape index (κ1) is 22.6. The number of hydrogen-bond acceptors (Lipinski definition) is 4. The summed E-state index contributed by atoms with van der Waals surface area (Å²) in [5.74, 6) is -0.780. The largest absolute Gasteiger partial charge is 0.466 e. The second kappa shape index (κ2) is 9.78. The number of nitrogens with zero attached hydrogens (tertiary/aromatic N) is 1. The first-order valence-corrected chi connectivity index (χ1v) is 10.7. The lowest BCUT2D eigenvalue weighted by Gasteiger charge is -2.35. The van der Waals surface area contributed by atoms with Crippen molar-refractivity contribution in [3.8, 4) is 0 Å². The summed E-state index contributed by atoms with van der Waals surface area (Å²) >= 11 is 3.38. The second-order valence-electron chi connectivity index (χ2n) is 7.08. The second-order valence-corrected chi connectivity index (χ2v) is 7.94. The summed E-state index contributed by atoms with van der Waals surface area (Å²) in [4.78, 5) is 39.4. The number of allylic oxidation sites excluding steroid dienone is 1. The lowest BCUT2D eigenvalue weighted by molar-refractivity contribution is -0.136. The molecule has 7 nitrogen and oxygen atoms in total. The van der Waals surface area contributed by atoms with E-state index in [9.17, 15) is 14.4 Å². The van der Waals surface area contributed by atoms with Crippen LogP contribution in [0.15, 0.2) is 64.3 Å². The van der Waals surface area contributed by atoms with Gasteiger partial charge in [0.15, 0.2) is 0 Å². The van der Waals surface area contributed by atoms with Gasteiger partial charge in [0.1, 0.15) is 0 Å². The number of rotatable bonds is 6. The average Bonchev–Trinajstić information content (AvgIpc) is 2.76. The summed E-state index contributed by atoms with van der Waals surface area (Å²) < 4.78 is 5.68. The predicted octanol–water partition coefficient (Wildman–Crippen LogP) is 4.62. The van der Waals surface area contributed by atoms with Crippen molar-refractivity contribution in [3.05, 3.63) is 75.4 Å². The molecular formula is C23H24BrN3O4. The Hall–Kier alpha value is -3.13. The van der Waals surface area contributed by atoms with Crippen molar-refractivity contribution in [2.75, 3.05) is 19.0 Å². The highest BCUT2D eigenvalue weighted by Crippen LogP contribution is 2.32. The minimum absolute atomic E-state index is 0.272. The van der Waals surface area contributed by atoms with Crippen LogP contribution in [0, 0.1) is 0 Å². The molecule has 0 unspecified atom stereocenters. The van der Waals surface area contributed by atoms with Crippen molar-refractivity contribution in [1.29, 1.82) is 0 Å². The van der Waals surface area contributed by atoms with Crippen LogP contribution in [0.1, 0.15) is 42.2 Å². The molecule has 0 saturated heterocycles. The standard InChI is InChI=1S/C23H24BrN3O4/c1-4-12-27-14(2)19(22(29)31-3)20(26-23(27)30)15-8-7-9-16(13-15)25-21(28)17-10-5-6-11-18(17)24/h5-11,13,20H,4,12H2,1-3H3,(H,25,28)(H,26,30)/t20-/m0/s1. The van der Waals surface area contributed by atoms with Crippen LogP contribution in [0.3, 0.4) is 0 Å². The average molecular weight is 486 g/mol. The number of urea groups is 1. The lowest BCUT2D eigenvalue weighted by Crippen LogP contribution is -2.48. The molecular weight excluding hydrogens is 462 g/mol. The molecule has 0 fully saturated rings. The van der Waals surface area contributed by atoms with Crippen LogP contribution < -0.4 is 10.6 Å².